The number of aromatic nitrogens is 1. The van der Waals surface area contributed by atoms with Gasteiger partial charge in [-0.3, -0.25) is 0 Å². The van der Waals surface area contributed by atoms with Gasteiger partial charge >= 0.3 is 0 Å². The van der Waals surface area contributed by atoms with Crippen molar-refractivity contribution in [1.29, 1.82) is 0 Å². The van der Waals surface area contributed by atoms with Crippen LogP contribution in [0.25, 0.3) is 11.1 Å². The van der Waals surface area contributed by atoms with Gasteiger partial charge in [0.05, 0.1) is 0 Å². The second-order valence-electron chi connectivity index (χ2n) is 6.06. The predicted octanol–water partition coefficient (Wildman–Crippen LogP) is 6.75. The minimum absolute atomic E-state index is 0.882. The van der Waals surface area contributed by atoms with Crippen LogP contribution in [0.3, 0.4) is 0 Å². The average molecular weight is 332 g/mol. The van der Waals surface area contributed by atoms with Crippen molar-refractivity contribution in [3.8, 4) is 11.1 Å². The summed E-state index contributed by atoms with van der Waals surface area (Å²) >= 11 is 0. The first kappa shape index (κ1) is 18.7. The van der Waals surface area contributed by atoms with Crippen molar-refractivity contribution >= 4 is 11.5 Å². The number of aryl methyl sites for hydroxylation is 3. The van der Waals surface area contributed by atoms with Crippen molar-refractivity contribution in [1.82, 2.24) is 4.98 Å². The van der Waals surface area contributed by atoms with Gasteiger partial charge in [-0.15, -0.1) is 0 Å². The van der Waals surface area contributed by atoms with Crippen LogP contribution in [0, 0.1) is 27.7 Å². The van der Waals surface area contributed by atoms with Gasteiger partial charge in [-0.2, -0.15) is 0 Å². The van der Waals surface area contributed by atoms with Crippen LogP contribution >= 0.6 is 0 Å². The Bertz CT molecular complexity index is 836. The van der Waals surface area contributed by atoms with E-state index < -0.39 is 0 Å². The quantitative estimate of drug-likeness (QED) is 0.573. The molecule has 1 heterocycles. The monoisotopic (exact) mass is 332 g/mol. The van der Waals surface area contributed by atoms with Gasteiger partial charge in [-0.25, -0.2) is 4.98 Å². The van der Waals surface area contributed by atoms with Crippen LogP contribution in [0.5, 0.6) is 0 Å². The smallest absolute Gasteiger partial charge is 0.131 e. The first-order chi connectivity index (χ1) is 12.0. The van der Waals surface area contributed by atoms with E-state index in [0.717, 1.165) is 17.2 Å². The molecule has 0 aliphatic carbocycles. The van der Waals surface area contributed by atoms with Crippen molar-refractivity contribution in [3.63, 3.8) is 0 Å². The molecule has 0 radical (unpaired) electrons. The predicted molar refractivity (Wildman–Crippen MR) is 110 cm³/mol. The molecule has 0 unspecified atom stereocenters. The van der Waals surface area contributed by atoms with E-state index in [-0.39, 0.29) is 0 Å². The summed E-state index contributed by atoms with van der Waals surface area (Å²) < 4.78 is 0. The molecule has 0 amide bonds. The number of pyridine rings is 1. The molecular weight excluding hydrogens is 304 g/mol. The molecule has 2 heteroatoms. The van der Waals surface area contributed by atoms with Gasteiger partial charge in [0.15, 0.2) is 0 Å². The molecule has 2 aromatic carbocycles. The minimum Gasteiger partial charge on any atom is -0.340 e. The van der Waals surface area contributed by atoms with Crippen molar-refractivity contribution in [2.24, 2.45) is 0 Å². The zero-order valence-corrected chi connectivity index (χ0v) is 16.1. The van der Waals surface area contributed by atoms with E-state index in [1.807, 2.05) is 44.2 Å². The molecule has 3 rings (SSSR count). The Morgan fingerprint density at radius 2 is 1.44 bits per heavy atom. The summed E-state index contributed by atoms with van der Waals surface area (Å²) in [6.07, 6.45) is 0. The largest absolute Gasteiger partial charge is 0.340 e. The molecule has 0 saturated carbocycles. The molecule has 130 valence electrons. The highest BCUT2D eigenvalue weighted by molar-refractivity contribution is 5.73. The summed E-state index contributed by atoms with van der Waals surface area (Å²) in [6, 6.07) is 18.9. The number of nitrogens with one attached hydrogen (secondary N) is 1. The van der Waals surface area contributed by atoms with Crippen molar-refractivity contribution in [2.75, 3.05) is 5.32 Å². The molecule has 0 aliphatic heterocycles. The topological polar surface area (TPSA) is 24.9 Å². The summed E-state index contributed by atoms with van der Waals surface area (Å²) in [6.45, 7) is 12.5. The van der Waals surface area contributed by atoms with Gasteiger partial charge in [-0.05, 0) is 73.7 Å². The molecule has 1 aromatic heterocycles. The van der Waals surface area contributed by atoms with Crippen molar-refractivity contribution in [3.05, 3.63) is 77.0 Å². The van der Waals surface area contributed by atoms with Crippen LogP contribution < -0.4 is 5.32 Å². The number of hydrogen-bond acceptors (Lipinski definition) is 2. The zero-order valence-electron chi connectivity index (χ0n) is 16.1. The first-order valence-electron chi connectivity index (χ1n) is 8.92. The summed E-state index contributed by atoms with van der Waals surface area (Å²) in [7, 11) is 0. The molecule has 0 spiro atoms. The Kier molecular flexibility index (Phi) is 6.35. The SMILES string of the molecule is CC.Cc1ccc(-c2cc(Nc3ccccc3)nc(C)c2C)cc1C. The molecule has 25 heavy (non-hydrogen) atoms. The Hall–Kier alpha value is -2.61. The molecule has 0 bridgehead atoms. The summed E-state index contributed by atoms with van der Waals surface area (Å²) in [5.41, 5.74) is 8.44. The van der Waals surface area contributed by atoms with Crippen LogP contribution in [0.4, 0.5) is 11.5 Å². The molecule has 2 nitrogen and oxygen atoms in total. The standard InChI is InChI=1S/C21H22N2.C2H6/c1-14-10-11-18(12-15(14)2)20-13-21(22-17(4)16(20)3)23-19-8-6-5-7-9-19;1-2/h5-13H,1-4H3,(H,22,23);1-2H3. The second kappa shape index (κ2) is 8.48. The van der Waals surface area contributed by atoms with Crippen LogP contribution in [-0.2, 0) is 0 Å². The number of hydrogen-bond donors (Lipinski definition) is 1. The Balaban J connectivity index is 0.00000109. The molecule has 0 fully saturated rings. The Labute approximate surface area is 152 Å². The van der Waals surface area contributed by atoms with E-state index in [0.29, 0.717) is 0 Å². The third-order valence-corrected chi connectivity index (χ3v) is 4.38. The fourth-order valence-electron chi connectivity index (χ4n) is 2.68. The van der Waals surface area contributed by atoms with Crippen LogP contribution in [0.1, 0.15) is 36.2 Å². The molecular formula is C23H28N2. The van der Waals surface area contributed by atoms with E-state index in [9.17, 15) is 0 Å². The molecule has 1 N–H and O–H groups in total. The molecule has 3 aromatic rings. The zero-order chi connectivity index (χ0) is 18.4. The van der Waals surface area contributed by atoms with E-state index in [1.54, 1.807) is 0 Å². The maximum Gasteiger partial charge on any atom is 0.131 e. The van der Waals surface area contributed by atoms with Gasteiger partial charge in [-0.1, -0.05) is 50.2 Å². The van der Waals surface area contributed by atoms with E-state index in [4.69, 9.17) is 0 Å². The number of benzene rings is 2. The van der Waals surface area contributed by atoms with Gasteiger partial charge < -0.3 is 5.32 Å². The van der Waals surface area contributed by atoms with Gasteiger partial charge in [0.1, 0.15) is 5.82 Å². The third kappa shape index (κ3) is 4.48. The van der Waals surface area contributed by atoms with Crippen molar-refractivity contribution in [2.45, 2.75) is 41.5 Å². The molecule has 0 atom stereocenters. The Morgan fingerprint density at radius 1 is 0.760 bits per heavy atom. The van der Waals surface area contributed by atoms with Crippen LogP contribution in [0.2, 0.25) is 0 Å². The Morgan fingerprint density at radius 3 is 2.08 bits per heavy atom. The van der Waals surface area contributed by atoms with Crippen molar-refractivity contribution < 1.29 is 0 Å². The lowest BCUT2D eigenvalue weighted by Crippen LogP contribution is -1.99. The molecule has 0 saturated heterocycles. The number of para-hydroxylation sites is 1. The lowest BCUT2D eigenvalue weighted by molar-refractivity contribution is 1.15. The fourth-order valence-corrected chi connectivity index (χ4v) is 2.68. The second-order valence-corrected chi connectivity index (χ2v) is 6.06. The maximum absolute atomic E-state index is 4.68. The molecule has 0 aliphatic rings. The summed E-state index contributed by atoms with van der Waals surface area (Å²) in [5, 5.41) is 3.40. The number of anilines is 2. The lowest BCUT2D eigenvalue weighted by Gasteiger charge is -2.14. The van der Waals surface area contributed by atoms with E-state index in [1.165, 1.54) is 27.8 Å². The maximum atomic E-state index is 4.68. The number of nitrogens with zero attached hydrogens (tertiary/aromatic N) is 1. The van der Waals surface area contributed by atoms with Gasteiger partial charge in [0.2, 0.25) is 0 Å². The normalized spacial score (nSPS) is 10.0. The summed E-state index contributed by atoms with van der Waals surface area (Å²) in [5.74, 6) is 0.882. The average Bonchev–Trinajstić information content (AvgIpc) is 2.63. The van der Waals surface area contributed by atoms with Gasteiger partial charge in [0.25, 0.3) is 0 Å². The highest BCUT2D eigenvalue weighted by Crippen LogP contribution is 2.29. The van der Waals surface area contributed by atoms with E-state index >= 15 is 0 Å². The highest BCUT2D eigenvalue weighted by Gasteiger charge is 2.09. The fraction of sp³-hybridized carbons (Fsp3) is 0.261. The lowest BCUT2D eigenvalue weighted by atomic mass is 9.97. The highest BCUT2D eigenvalue weighted by atomic mass is 15.0. The van der Waals surface area contributed by atoms with Crippen LogP contribution in [-0.4, -0.2) is 4.98 Å². The first-order valence-corrected chi connectivity index (χ1v) is 8.92. The minimum atomic E-state index is 0.882. The summed E-state index contributed by atoms with van der Waals surface area (Å²) in [4.78, 5) is 4.68. The van der Waals surface area contributed by atoms with E-state index in [2.05, 4.69) is 62.3 Å². The van der Waals surface area contributed by atoms with Gasteiger partial charge in [0, 0.05) is 11.4 Å². The van der Waals surface area contributed by atoms with Crippen LogP contribution in [0.15, 0.2) is 54.6 Å². The third-order valence-electron chi connectivity index (χ3n) is 4.38. The number of rotatable bonds is 3.